The number of benzene rings is 2. The van der Waals surface area contributed by atoms with Gasteiger partial charge in [0.15, 0.2) is 0 Å². The van der Waals surface area contributed by atoms with Crippen molar-refractivity contribution in [3.63, 3.8) is 0 Å². The molecule has 0 unspecified atom stereocenters. The second-order valence-corrected chi connectivity index (χ2v) is 10.7. The van der Waals surface area contributed by atoms with Gasteiger partial charge in [0, 0.05) is 25.1 Å². The molecule has 35 heavy (non-hydrogen) atoms. The largest absolute Gasteiger partial charge is 0.493 e. The molecular formula is C28H34N4O2S. The molecule has 0 radical (unpaired) electrons. The van der Waals surface area contributed by atoms with E-state index < -0.39 is 0 Å². The summed E-state index contributed by atoms with van der Waals surface area (Å²) in [4.78, 5) is 16.5. The van der Waals surface area contributed by atoms with E-state index in [-0.39, 0.29) is 5.91 Å². The predicted molar refractivity (Wildman–Crippen MR) is 139 cm³/mol. The number of hydrogen-bond donors (Lipinski definition) is 1. The summed E-state index contributed by atoms with van der Waals surface area (Å²) in [6.45, 7) is 6.45. The third-order valence-corrected chi connectivity index (χ3v) is 7.68. The van der Waals surface area contributed by atoms with Crippen LogP contribution in [0.3, 0.4) is 0 Å². The molecule has 1 aliphatic heterocycles. The molecule has 0 spiro atoms. The van der Waals surface area contributed by atoms with Crippen LogP contribution in [0.25, 0.3) is 0 Å². The summed E-state index contributed by atoms with van der Waals surface area (Å²) in [6.07, 6.45) is 6.94. The van der Waals surface area contributed by atoms with Crippen LogP contribution < -0.4 is 10.1 Å². The van der Waals surface area contributed by atoms with Crippen LogP contribution in [0.2, 0.25) is 0 Å². The first kappa shape index (κ1) is 23.9. The Hall–Kier alpha value is -2.77. The van der Waals surface area contributed by atoms with E-state index in [1.54, 1.807) is 0 Å². The highest BCUT2D eigenvalue weighted by atomic mass is 32.1. The number of fused-ring (bicyclic) bond motifs is 3. The molecule has 6 nitrogen and oxygen atoms in total. The summed E-state index contributed by atoms with van der Waals surface area (Å²) in [6, 6.07) is 14.7. The number of aryl methyl sites for hydroxylation is 1. The zero-order valence-corrected chi connectivity index (χ0v) is 21.3. The average Bonchev–Trinajstić information content (AvgIpc) is 3.58. The van der Waals surface area contributed by atoms with Crippen LogP contribution in [0.15, 0.2) is 42.5 Å². The number of nitrogens with one attached hydrogen (secondary N) is 1. The highest BCUT2D eigenvalue weighted by Gasteiger charge is 2.24. The molecule has 1 fully saturated rings. The molecule has 184 valence electrons. The van der Waals surface area contributed by atoms with Gasteiger partial charge in [0.1, 0.15) is 5.75 Å². The summed E-state index contributed by atoms with van der Waals surface area (Å²) in [5.74, 6) is 1.68. The Kier molecular flexibility index (Phi) is 7.74. The van der Waals surface area contributed by atoms with E-state index in [4.69, 9.17) is 4.74 Å². The summed E-state index contributed by atoms with van der Waals surface area (Å²) in [7, 11) is 0. The van der Waals surface area contributed by atoms with E-state index in [2.05, 4.69) is 44.1 Å². The number of ether oxygens (including phenoxy) is 1. The third-order valence-electron chi connectivity index (χ3n) is 6.86. The fourth-order valence-corrected chi connectivity index (χ4v) is 5.26. The Balaban J connectivity index is 1.35. The maximum atomic E-state index is 12.9. The maximum Gasteiger partial charge on any atom is 0.251 e. The van der Waals surface area contributed by atoms with Crippen LogP contribution >= 0.6 is 11.5 Å². The fraction of sp³-hybridized carbons (Fsp3) is 0.464. The number of hydrogen-bond acceptors (Lipinski definition) is 6. The summed E-state index contributed by atoms with van der Waals surface area (Å²) >= 11 is 1.32. The van der Waals surface area contributed by atoms with Gasteiger partial charge in [-0.1, -0.05) is 28.8 Å². The van der Waals surface area contributed by atoms with Gasteiger partial charge in [-0.2, -0.15) is 0 Å². The lowest BCUT2D eigenvalue weighted by atomic mass is 9.99. The number of carbonyl (C=O) groups excluding carboxylic acids is 1. The molecule has 1 aromatic heterocycles. The molecule has 5 rings (SSSR count). The van der Waals surface area contributed by atoms with Crippen molar-refractivity contribution in [1.29, 1.82) is 0 Å². The van der Waals surface area contributed by atoms with Gasteiger partial charge in [-0.15, -0.1) is 5.10 Å². The Bertz CT molecular complexity index is 1160. The highest BCUT2D eigenvalue weighted by molar-refractivity contribution is 7.05. The SMILES string of the molecule is Cc1nnsc1CNC(=O)c1ccc2c(c1)Cc1cccc(c1)CN(CC1CC1)CCCCCO2. The van der Waals surface area contributed by atoms with Gasteiger partial charge >= 0.3 is 0 Å². The monoisotopic (exact) mass is 490 g/mol. The van der Waals surface area contributed by atoms with Crippen molar-refractivity contribution in [1.82, 2.24) is 19.8 Å². The molecule has 2 aromatic carbocycles. The average molecular weight is 491 g/mol. The number of carbonyl (C=O) groups is 1. The first-order valence-electron chi connectivity index (χ1n) is 12.8. The van der Waals surface area contributed by atoms with Gasteiger partial charge in [0.05, 0.1) is 23.7 Å². The zero-order valence-electron chi connectivity index (χ0n) is 20.5. The van der Waals surface area contributed by atoms with Gasteiger partial charge in [0.2, 0.25) is 0 Å². The molecule has 2 bridgehead atoms. The van der Waals surface area contributed by atoms with Crippen LogP contribution in [-0.4, -0.2) is 40.1 Å². The number of amides is 1. The first-order chi connectivity index (χ1) is 17.1. The van der Waals surface area contributed by atoms with Gasteiger partial charge in [-0.25, -0.2) is 0 Å². The van der Waals surface area contributed by atoms with E-state index in [1.807, 2.05) is 25.1 Å². The van der Waals surface area contributed by atoms with Gasteiger partial charge in [-0.3, -0.25) is 9.69 Å². The Morgan fingerprint density at radius 1 is 1.14 bits per heavy atom. The second kappa shape index (κ2) is 11.3. The molecule has 1 amide bonds. The highest BCUT2D eigenvalue weighted by Crippen LogP contribution is 2.31. The van der Waals surface area contributed by atoms with Crippen molar-refractivity contribution in [2.45, 2.75) is 58.5 Å². The summed E-state index contributed by atoms with van der Waals surface area (Å²) in [5, 5.41) is 7.03. The van der Waals surface area contributed by atoms with E-state index in [1.165, 1.54) is 54.9 Å². The van der Waals surface area contributed by atoms with Crippen molar-refractivity contribution >= 4 is 17.4 Å². The van der Waals surface area contributed by atoms with Crippen molar-refractivity contribution in [3.05, 3.63) is 75.3 Å². The third kappa shape index (κ3) is 6.67. The van der Waals surface area contributed by atoms with Crippen molar-refractivity contribution in [2.24, 2.45) is 5.92 Å². The van der Waals surface area contributed by atoms with Crippen LogP contribution in [0.1, 0.15) is 69.7 Å². The molecule has 7 heteroatoms. The van der Waals surface area contributed by atoms with E-state index in [9.17, 15) is 4.79 Å². The zero-order chi connectivity index (χ0) is 24.0. The Morgan fingerprint density at radius 2 is 2.03 bits per heavy atom. The standard InChI is InChI=1S/C28H34N4O2S/c1-20-27(35-31-30-20)17-29-28(33)24-10-11-26-25(16-24)15-22-6-5-7-23(14-22)19-32(18-21-8-9-21)12-3-2-4-13-34-26/h5-7,10-11,14,16,21H,2-4,8-9,12-13,15,17-19H2,1H3,(H,29,33). The van der Waals surface area contributed by atoms with Crippen molar-refractivity contribution < 1.29 is 9.53 Å². The summed E-state index contributed by atoms with van der Waals surface area (Å²) < 4.78 is 10.2. The van der Waals surface area contributed by atoms with Gasteiger partial charge in [-0.05, 0) is 97.9 Å². The Morgan fingerprint density at radius 3 is 2.86 bits per heavy atom. The molecule has 2 heterocycles. The van der Waals surface area contributed by atoms with Crippen LogP contribution in [0.5, 0.6) is 5.75 Å². The number of aromatic nitrogens is 2. The molecule has 0 atom stereocenters. The number of rotatable bonds is 5. The molecule has 1 N–H and O–H groups in total. The predicted octanol–water partition coefficient (Wildman–Crippen LogP) is 5.14. The van der Waals surface area contributed by atoms with Crippen LogP contribution in [-0.2, 0) is 19.5 Å². The van der Waals surface area contributed by atoms with Crippen molar-refractivity contribution in [3.8, 4) is 5.75 Å². The Labute approximate surface area is 211 Å². The molecule has 3 aromatic rings. The van der Waals surface area contributed by atoms with Crippen LogP contribution in [0, 0.1) is 12.8 Å². The minimum absolute atomic E-state index is 0.0931. The lowest BCUT2D eigenvalue weighted by molar-refractivity contribution is 0.0951. The molecule has 1 aliphatic carbocycles. The normalized spacial score (nSPS) is 17.2. The molecule has 2 aliphatic rings. The minimum atomic E-state index is -0.0931. The maximum absolute atomic E-state index is 12.9. The summed E-state index contributed by atoms with van der Waals surface area (Å²) in [5.41, 5.74) is 5.18. The smallest absolute Gasteiger partial charge is 0.251 e. The topological polar surface area (TPSA) is 67.4 Å². The number of nitrogens with zero attached hydrogens (tertiary/aromatic N) is 3. The lowest BCUT2D eigenvalue weighted by Crippen LogP contribution is -2.27. The minimum Gasteiger partial charge on any atom is -0.493 e. The van der Waals surface area contributed by atoms with Crippen molar-refractivity contribution in [2.75, 3.05) is 19.7 Å². The van der Waals surface area contributed by atoms with E-state index >= 15 is 0 Å². The fourth-order valence-electron chi connectivity index (χ4n) is 4.69. The second-order valence-electron chi connectivity index (χ2n) is 9.87. The van der Waals surface area contributed by atoms with Gasteiger partial charge < -0.3 is 10.1 Å². The molecule has 0 saturated heterocycles. The first-order valence-corrected chi connectivity index (χ1v) is 13.5. The van der Waals surface area contributed by atoms with E-state index in [0.717, 1.165) is 53.7 Å². The van der Waals surface area contributed by atoms with Gasteiger partial charge in [0.25, 0.3) is 5.91 Å². The molecule has 1 saturated carbocycles. The van der Waals surface area contributed by atoms with Crippen LogP contribution in [0.4, 0.5) is 0 Å². The molecular weight excluding hydrogens is 456 g/mol. The lowest BCUT2D eigenvalue weighted by Gasteiger charge is -2.23. The quantitative estimate of drug-likeness (QED) is 0.536. The van der Waals surface area contributed by atoms with E-state index in [0.29, 0.717) is 18.7 Å².